The Morgan fingerprint density at radius 1 is 1.04 bits per heavy atom. The minimum absolute atomic E-state index is 0.0329. The molecule has 2 aromatic rings. The first-order valence-corrected chi connectivity index (χ1v) is 10.2. The number of rotatable bonds is 6. The van der Waals surface area contributed by atoms with Crippen molar-refractivity contribution in [2.24, 2.45) is 0 Å². The van der Waals surface area contributed by atoms with Gasteiger partial charge in [-0.15, -0.1) is 10.2 Å². The molecule has 8 heteroatoms. The van der Waals surface area contributed by atoms with Crippen molar-refractivity contribution < 1.29 is 4.42 Å². The van der Waals surface area contributed by atoms with Gasteiger partial charge in [0.1, 0.15) is 0 Å². The van der Waals surface area contributed by atoms with E-state index < -0.39 is 0 Å². The largest absolute Gasteiger partial charge is 0.424 e. The lowest BCUT2D eigenvalue weighted by molar-refractivity contribution is 0.114. The first-order valence-electron chi connectivity index (χ1n) is 10.2. The Bertz CT molecular complexity index is 856. The number of hydrogen-bond acceptors (Lipinski definition) is 7. The Hall–Kier alpha value is -2.06. The van der Waals surface area contributed by atoms with E-state index in [2.05, 4.69) is 45.9 Å². The highest BCUT2D eigenvalue weighted by molar-refractivity contribution is 5.10. The molecule has 0 bridgehead atoms. The lowest BCUT2D eigenvalue weighted by atomic mass is 9.92. The summed E-state index contributed by atoms with van der Waals surface area (Å²) >= 11 is 0. The molecule has 28 heavy (non-hydrogen) atoms. The number of nitrogens with zero attached hydrogens (tertiary/aromatic N) is 6. The first kappa shape index (κ1) is 19.3. The second kappa shape index (κ2) is 7.75. The van der Waals surface area contributed by atoms with Crippen LogP contribution in [0, 0.1) is 0 Å². The Balaban J connectivity index is 1.26. The van der Waals surface area contributed by atoms with Gasteiger partial charge in [-0.05, 0) is 18.9 Å². The van der Waals surface area contributed by atoms with Crippen LogP contribution < -0.4 is 5.56 Å². The maximum atomic E-state index is 12.1. The second-order valence-corrected chi connectivity index (χ2v) is 8.96. The van der Waals surface area contributed by atoms with Gasteiger partial charge in [-0.3, -0.25) is 14.6 Å². The highest BCUT2D eigenvalue weighted by Crippen LogP contribution is 2.39. The van der Waals surface area contributed by atoms with Crippen molar-refractivity contribution in [1.29, 1.82) is 0 Å². The fraction of sp³-hybridized carbons (Fsp3) is 0.700. The minimum Gasteiger partial charge on any atom is -0.424 e. The molecule has 2 aliphatic rings. The molecule has 0 atom stereocenters. The van der Waals surface area contributed by atoms with Crippen LogP contribution in [-0.2, 0) is 18.5 Å². The molecule has 2 fully saturated rings. The maximum Gasteiger partial charge on any atom is 0.266 e. The van der Waals surface area contributed by atoms with Gasteiger partial charge in [-0.1, -0.05) is 20.8 Å². The Morgan fingerprint density at radius 3 is 2.43 bits per heavy atom. The average molecular weight is 387 g/mol. The smallest absolute Gasteiger partial charge is 0.266 e. The monoisotopic (exact) mass is 386 g/mol. The van der Waals surface area contributed by atoms with Crippen LogP contribution in [0.5, 0.6) is 0 Å². The summed E-state index contributed by atoms with van der Waals surface area (Å²) in [5, 5.41) is 12.9. The van der Waals surface area contributed by atoms with E-state index in [4.69, 9.17) is 4.42 Å². The van der Waals surface area contributed by atoms with Crippen molar-refractivity contribution in [2.75, 3.05) is 32.7 Å². The molecule has 1 aliphatic carbocycles. The molecule has 0 spiro atoms. The predicted octanol–water partition coefficient (Wildman–Crippen LogP) is 1.62. The van der Waals surface area contributed by atoms with Crippen molar-refractivity contribution in [2.45, 2.75) is 58.0 Å². The molecular formula is C20H30N6O2. The van der Waals surface area contributed by atoms with Gasteiger partial charge >= 0.3 is 0 Å². The molecule has 2 aromatic heterocycles. The van der Waals surface area contributed by atoms with Crippen molar-refractivity contribution in [3.8, 4) is 0 Å². The van der Waals surface area contributed by atoms with Gasteiger partial charge in [0.2, 0.25) is 11.8 Å². The van der Waals surface area contributed by atoms with E-state index in [0.29, 0.717) is 12.5 Å². The summed E-state index contributed by atoms with van der Waals surface area (Å²) in [6, 6.07) is 3.47. The van der Waals surface area contributed by atoms with Crippen LogP contribution in [0.25, 0.3) is 0 Å². The lowest BCUT2D eigenvalue weighted by Gasteiger charge is -2.33. The Morgan fingerprint density at radius 2 is 1.75 bits per heavy atom. The fourth-order valence-corrected chi connectivity index (χ4v) is 3.43. The quantitative estimate of drug-likeness (QED) is 0.746. The lowest BCUT2D eigenvalue weighted by Crippen LogP contribution is -2.47. The molecule has 0 radical (unpaired) electrons. The molecule has 3 heterocycles. The number of hydrogen-bond donors (Lipinski definition) is 0. The zero-order valence-corrected chi connectivity index (χ0v) is 17.1. The van der Waals surface area contributed by atoms with Crippen LogP contribution in [0.3, 0.4) is 0 Å². The average Bonchev–Trinajstić information content (AvgIpc) is 3.41. The SMILES string of the molecule is CC(C)(C)c1ccc(=O)n(CCN2CCN(Cc3nnc(C4CC4)o3)CC2)n1. The van der Waals surface area contributed by atoms with E-state index in [0.717, 1.165) is 56.7 Å². The molecule has 152 valence electrons. The first-order chi connectivity index (χ1) is 13.4. The summed E-state index contributed by atoms with van der Waals surface area (Å²) in [5.74, 6) is 2.04. The minimum atomic E-state index is -0.0603. The van der Waals surface area contributed by atoms with Crippen molar-refractivity contribution in [3.05, 3.63) is 40.0 Å². The van der Waals surface area contributed by atoms with Gasteiger partial charge in [0.25, 0.3) is 5.56 Å². The van der Waals surface area contributed by atoms with Crippen LogP contribution in [0.2, 0.25) is 0 Å². The summed E-state index contributed by atoms with van der Waals surface area (Å²) in [4.78, 5) is 16.9. The maximum absolute atomic E-state index is 12.1. The molecule has 4 rings (SSSR count). The molecule has 1 saturated heterocycles. The van der Waals surface area contributed by atoms with Gasteiger partial charge in [-0.25, -0.2) is 4.68 Å². The third kappa shape index (κ3) is 4.67. The molecular weight excluding hydrogens is 356 g/mol. The topological polar surface area (TPSA) is 80.3 Å². The summed E-state index contributed by atoms with van der Waals surface area (Å²) in [7, 11) is 0. The van der Waals surface area contributed by atoms with E-state index in [1.165, 1.54) is 12.8 Å². The summed E-state index contributed by atoms with van der Waals surface area (Å²) < 4.78 is 7.37. The van der Waals surface area contributed by atoms with Gasteiger partial charge in [0, 0.05) is 50.1 Å². The molecule has 0 unspecified atom stereocenters. The van der Waals surface area contributed by atoms with E-state index in [9.17, 15) is 4.79 Å². The van der Waals surface area contributed by atoms with Gasteiger partial charge in [0.05, 0.1) is 18.8 Å². The van der Waals surface area contributed by atoms with Crippen LogP contribution in [0.4, 0.5) is 0 Å². The highest BCUT2D eigenvalue weighted by atomic mass is 16.4. The predicted molar refractivity (Wildman–Crippen MR) is 105 cm³/mol. The summed E-state index contributed by atoms with van der Waals surface area (Å²) in [6.07, 6.45) is 2.35. The van der Waals surface area contributed by atoms with Crippen molar-refractivity contribution >= 4 is 0 Å². The normalized spacial score (nSPS) is 19.2. The molecule has 1 saturated carbocycles. The molecule has 0 N–H and O–H groups in total. The second-order valence-electron chi connectivity index (χ2n) is 8.96. The zero-order chi connectivity index (χ0) is 19.7. The van der Waals surface area contributed by atoms with Gasteiger partial charge in [0.15, 0.2) is 0 Å². The number of piperazine rings is 1. The Labute approximate surface area is 165 Å². The zero-order valence-electron chi connectivity index (χ0n) is 17.1. The number of aromatic nitrogens is 4. The van der Waals surface area contributed by atoms with Crippen molar-refractivity contribution in [1.82, 2.24) is 29.8 Å². The molecule has 0 aromatic carbocycles. The summed E-state index contributed by atoms with van der Waals surface area (Å²) in [5.41, 5.74) is 0.853. The van der Waals surface area contributed by atoms with E-state index in [-0.39, 0.29) is 11.0 Å². The van der Waals surface area contributed by atoms with Crippen LogP contribution in [-0.4, -0.2) is 62.5 Å². The van der Waals surface area contributed by atoms with Gasteiger partial charge < -0.3 is 4.42 Å². The standard InChI is InChI=1S/C20H30N6O2/c1-20(2,3)16-6-7-18(27)26(23-16)13-12-24-8-10-25(11-9-24)14-17-21-22-19(28-17)15-4-5-15/h6-7,15H,4-5,8-14H2,1-3H3. The Kier molecular flexibility index (Phi) is 5.33. The third-order valence-electron chi connectivity index (χ3n) is 5.50. The molecule has 0 amide bonds. The van der Waals surface area contributed by atoms with Gasteiger partial charge in [-0.2, -0.15) is 5.10 Å². The highest BCUT2D eigenvalue weighted by Gasteiger charge is 2.29. The van der Waals surface area contributed by atoms with E-state index in [1.54, 1.807) is 10.7 Å². The molecule has 8 nitrogen and oxygen atoms in total. The third-order valence-corrected chi connectivity index (χ3v) is 5.50. The van der Waals surface area contributed by atoms with Crippen molar-refractivity contribution in [3.63, 3.8) is 0 Å². The van der Waals surface area contributed by atoms with E-state index >= 15 is 0 Å². The molecule has 1 aliphatic heterocycles. The summed E-state index contributed by atoms with van der Waals surface area (Å²) in [6.45, 7) is 12.4. The van der Waals surface area contributed by atoms with E-state index in [1.807, 2.05) is 6.07 Å². The van der Waals surface area contributed by atoms with Crippen LogP contribution in [0.1, 0.15) is 57.0 Å². The van der Waals surface area contributed by atoms with Crippen LogP contribution >= 0.6 is 0 Å². The van der Waals surface area contributed by atoms with Crippen LogP contribution in [0.15, 0.2) is 21.3 Å². The fourth-order valence-electron chi connectivity index (χ4n) is 3.43.